The number of rotatable bonds is 3. The third-order valence-electron chi connectivity index (χ3n) is 3.35. The summed E-state index contributed by atoms with van der Waals surface area (Å²) < 4.78 is 0. The van der Waals surface area contributed by atoms with Gasteiger partial charge in [-0.05, 0) is 50.2 Å². The molecular formula is C14H20N4O2. The fourth-order valence-electron chi connectivity index (χ4n) is 2.16. The van der Waals surface area contributed by atoms with E-state index in [1.165, 1.54) is 0 Å². The predicted octanol–water partition coefficient (Wildman–Crippen LogP) is 1.38. The minimum Gasteiger partial charge on any atom is -0.341 e. The van der Waals surface area contributed by atoms with Crippen molar-refractivity contribution in [3.05, 3.63) is 24.3 Å². The van der Waals surface area contributed by atoms with Crippen LogP contribution in [0.4, 0.5) is 16.2 Å². The molecule has 1 aromatic rings. The van der Waals surface area contributed by atoms with Crippen LogP contribution >= 0.6 is 0 Å². The maximum absolute atomic E-state index is 12.1. The minimum absolute atomic E-state index is 0.0681. The molecule has 0 radical (unpaired) electrons. The first-order valence-corrected chi connectivity index (χ1v) is 6.79. The van der Waals surface area contributed by atoms with Gasteiger partial charge in [0.1, 0.15) is 0 Å². The second-order valence-electron chi connectivity index (χ2n) is 4.79. The second-order valence-corrected chi connectivity index (χ2v) is 4.79. The summed E-state index contributed by atoms with van der Waals surface area (Å²) in [7, 11) is 1.56. The van der Waals surface area contributed by atoms with Gasteiger partial charge in [0.15, 0.2) is 0 Å². The van der Waals surface area contributed by atoms with Gasteiger partial charge in [0.25, 0.3) is 0 Å². The molecule has 3 amide bonds. The van der Waals surface area contributed by atoms with Gasteiger partial charge in [-0.2, -0.15) is 0 Å². The number of carbonyl (C=O) groups is 2. The first-order valence-electron chi connectivity index (χ1n) is 6.79. The van der Waals surface area contributed by atoms with E-state index in [1.54, 1.807) is 31.3 Å². The number of carbonyl (C=O) groups excluding carboxylic acids is 2. The molecule has 6 heteroatoms. The summed E-state index contributed by atoms with van der Waals surface area (Å²) in [6.07, 6.45) is 1.75. The molecule has 0 bridgehead atoms. The number of amides is 3. The molecule has 0 unspecified atom stereocenters. The quantitative estimate of drug-likeness (QED) is 0.673. The van der Waals surface area contributed by atoms with Crippen molar-refractivity contribution in [3.63, 3.8) is 0 Å². The van der Waals surface area contributed by atoms with Crippen LogP contribution in [0.2, 0.25) is 0 Å². The van der Waals surface area contributed by atoms with Gasteiger partial charge in [0, 0.05) is 24.3 Å². The average molecular weight is 276 g/mol. The van der Waals surface area contributed by atoms with Crippen molar-refractivity contribution in [3.8, 4) is 0 Å². The summed E-state index contributed by atoms with van der Waals surface area (Å²) in [5.41, 5.74) is 1.43. The smallest absolute Gasteiger partial charge is 0.318 e. The van der Waals surface area contributed by atoms with Crippen molar-refractivity contribution < 1.29 is 9.59 Å². The van der Waals surface area contributed by atoms with Crippen molar-refractivity contribution in [2.75, 3.05) is 30.8 Å². The van der Waals surface area contributed by atoms with E-state index in [2.05, 4.69) is 21.3 Å². The van der Waals surface area contributed by atoms with Crippen LogP contribution in [0, 0.1) is 5.92 Å². The SMILES string of the molecule is CNC(=O)Nc1ccc(NC(=O)C2CCNCC2)cc1. The summed E-state index contributed by atoms with van der Waals surface area (Å²) in [6, 6.07) is 6.81. The van der Waals surface area contributed by atoms with Crippen molar-refractivity contribution in [1.82, 2.24) is 10.6 Å². The van der Waals surface area contributed by atoms with Crippen LogP contribution in [-0.2, 0) is 4.79 Å². The van der Waals surface area contributed by atoms with E-state index in [0.717, 1.165) is 31.6 Å². The third-order valence-corrected chi connectivity index (χ3v) is 3.35. The number of hydrogen-bond acceptors (Lipinski definition) is 3. The Labute approximate surface area is 118 Å². The Bertz CT molecular complexity index is 467. The highest BCUT2D eigenvalue weighted by atomic mass is 16.2. The number of anilines is 2. The highest BCUT2D eigenvalue weighted by Gasteiger charge is 2.20. The van der Waals surface area contributed by atoms with Crippen LogP contribution < -0.4 is 21.3 Å². The first kappa shape index (κ1) is 14.3. The number of piperidine rings is 1. The highest BCUT2D eigenvalue weighted by Crippen LogP contribution is 2.17. The number of hydrogen-bond donors (Lipinski definition) is 4. The molecule has 1 aliphatic rings. The zero-order valence-electron chi connectivity index (χ0n) is 11.5. The maximum atomic E-state index is 12.1. The van der Waals surface area contributed by atoms with Gasteiger partial charge in [-0.3, -0.25) is 4.79 Å². The Morgan fingerprint density at radius 2 is 1.60 bits per heavy atom. The van der Waals surface area contributed by atoms with Gasteiger partial charge in [-0.1, -0.05) is 0 Å². The van der Waals surface area contributed by atoms with E-state index in [0.29, 0.717) is 5.69 Å². The zero-order valence-corrected chi connectivity index (χ0v) is 11.5. The number of nitrogens with one attached hydrogen (secondary N) is 4. The lowest BCUT2D eigenvalue weighted by molar-refractivity contribution is -0.120. The van der Waals surface area contributed by atoms with Crippen molar-refractivity contribution in [1.29, 1.82) is 0 Å². The molecule has 0 saturated carbocycles. The largest absolute Gasteiger partial charge is 0.341 e. The van der Waals surface area contributed by atoms with Crippen molar-refractivity contribution >= 4 is 23.3 Å². The normalized spacial score (nSPS) is 15.4. The van der Waals surface area contributed by atoms with Gasteiger partial charge in [0.05, 0.1) is 0 Å². The van der Waals surface area contributed by atoms with E-state index in [4.69, 9.17) is 0 Å². The van der Waals surface area contributed by atoms with E-state index in [-0.39, 0.29) is 17.9 Å². The fourth-order valence-corrected chi connectivity index (χ4v) is 2.16. The van der Waals surface area contributed by atoms with Gasteiger partial charge in [0.2, 0.25) is 5.91 Å². The van der Waals surface area contributed by atoms with E-state index < -0.39 is 0 Å². The van der Waals surface area contributed by atoms with Crippen LogP contribution in [-0.4, -0.2) is 32.1 Å². The summed E-state index contributed by atoms with van der Waals surface area (Å²) in [6.45, 7) is 1.79. The van der Waals surface area contributed by atoms with Crippen molar-refractivity contribution in [2.45, 2.75) is 12.8 Å². The Morgan fingerprint density at radius 1 is 1.05 bits per heavy atom. The average Bonchev–Trinajstić information content (AvgIpc) is 2.50. The standard InChI is InChI=1S/C14H20N4O2/c1-15-14(20)18-12-4-2-11(3-5-12)17-13(19)10-6-8-16-9-7-10/h2-5,10,16H,6-9H2,1H3,(H,17,19)(H2,15,18,20). The molecule has 1 aliphatic heterocycles. The molecule has 1 heterocycles. The molecule has 1 aromatic carbocycles. The minimum atomic E-state index is -0.267. The van der Waals surface area contributed by atoms with Gasteiger partial charge >= 0.3 is 6.03 Å². The Balaban J connectivity index is 1.89. The van der Waals surface area contributed by atoms with Crippen molar-refractivity contribution in [2.24, 2.45) is 5.92 Å². The first-order chi connectivity index (χ1) is 9.69. The van der Waals surface area contributed by atoms with E-state index in [9.17, 15) is 9.59 Å². The molecule has 4 N–H and O–H groups in total. The summed E-state index contributed by atoms with van der Waals surface area (Å²) in [4.78, 5) is 23.2. The summed E-state index contributed by atoms with van der Waals surface area (Å²) in [5, 5.41) is 11.3. The third kappa shape index (κ3) is 3.96. The molecular weight excluding hydrogens is 256 g/mol. The van der Waals surface area contributed by atoms with E-state index in [1.807, 2.05) is 0 Å². The Kier molecular flexibility index (Phi) is 4.95. The highest BCUT2D eigenvalue weighted by molar-refractivity contribution is 5.93. The van der Waals surface area contributed by atoms with Gasteiger partial charge in [-0.25, -0.2) is 4.79 Å². The molecule has 108 valence electrons. The molecule has 0 aliphatic carbocycles. The van der Waals surface area contributed by atoms with Gasteiger partial charge in [-0.15, -0.1) is 0 Å². The summed E-state index contributed by atoms with van der Waals surface area (Å²) >= 11 is 0. The molecule has 0 spiro atoms. The summed E-state index contributed by atoms with van der Waals surface area (Å²) in [5.74, 6) is 0.151. The van der Waals surface area contributed by atoms with Gasteiger partial charge < -0.3 is 21.3 Å². The van der Waals surface area contributed by atoms with E-state index >= 15 is 0 Å². The molecule has 1 saturated heterocycles. The lowest BCUT2D eigenvalue weighted by Crippen LogP contribution is -2.34. The topological polar surface area (TPSA) is 82.3 Å². The second kappa shape index (κ2) is 6.91. The molecule has 1 fully saturated rings. The molecule has 20 heavy (non-hydrogen) atoms. The Morgan fingerprint density at radius 3 is 2.15 bits per heavy atom. The predicted molar refractivity (Wildman–Crippen MR) is 78.7 cm³/mol. The lowest BCUT2D eigenvalue weighted by atomic mass is 9.97. The number of benzene rings is 1. The number of urea groups is 1. The lowest BCUT2D eigenvalue weighted by Gasteiger charge is -2.21. The van der Waals surface area contributed by atoms with Crippen LogP contribution in [0.25, 0.3) is 0 Å². The maximum Gasteiger partial charge on any atom is 0.318 e. The fraction of sp³-hybridized carbons (Fsp3) is 0.429. The molecule has 0 atom stereocenters. The Hall–Kier alpha value is -2.08. The molecule has 2 rings (SSSR count). The monoisotopic (exact) mass is 276 g/mol. The molecule has 0 aromatic heterocycles. The van der Waals surface area contributed by atoms with Crippen LogP contribution in [0.3, 0.4) is 0 Å². The molecule has 6 nitrogen and oxygen atoms in total. The van der Waals surface area contributed by atoms with Crippen LogP contribution in [0.1, 0.15) is 12.8 Å². The van der Waals surface area contributed by atoms with Crippen LogP contribution in [0.5, 0.6) is 0 Å². The zero-order chi connectivity index (χ0) is 14.4. The van der Waals surface area contributed by atoms with Crippen LogP contribution in [0.15, 0.2) is 24.3 Å².